The van der Waals surface area contributed by atoms with Crippen LogP contribution in [0.25, 0.3) is 0 Å². The van der Waals surface area contributed by atoms with Gasteiger partial charge in [0.15, 0.2) is 11.5 Å². The third-order valence-corrected chi connectivity index (χ3v) is 5.19. The molecular formula is C21H20ClN3O5. The average Bonchev–Trinajstić information content (AvgIpc) is 3.11. The summed E-state index contributed by atoms with van der Waals surface area (Å²) in [6, 6.07) is 10.1. The second-order valence-corrected chi connectivity index (χ2v) is 7.51. The van der Waals surface area contributed by atoms with Gasteiger partial charge in [0, 0.05) is 37.3 Å². The van der Waals surface area contributed by atoms with Gasteiger partial charge in [-0.3, -0.25) is 14.4 Å². The first-order chi connectivity index (χ1) is 14.4. The van der Waals surface area contributed by atoms with Crippen molar-refractivity contribution in [3.8, 4) is 11.5 Å². The van der Waals surface area contributed by atoms with Gasteiger partial charge in [-0.1, -0.05) is 11.6 Å². The van der Waals surface area contributed by atoms with Gasteiger partial charge in [0.25, 0.3) is 0 Å². The average molecular weight is 430 g/mol. The van der Waals surface area contributed by atoms with Gasteiger partial charge in [-0.05, 0) is 30.3 Å². The molecule has 0 aliphatic carbocycles. The van der Waals surface area contributed by atoms with E-state index in [-0.39, 0.29) is 30.7 Å². The summed E-state index contributed by atoms with van der Waals surface area (Å²) < 4.78 is 11.1. The van der Waals surface area contributed by atoms with Gasteiger partial charge in [-0.15, -0.1) is 0 Å². The molecule has 1 fully saturated rings. The molecule has 2 aromatic carbocycles. The second-order valence-electron chi connectivity index (χ2n) is 7.10. The van der Waals surface area contributed by atoms with Gasteiger partial charge in [0.2, 0.25) is 17.7 Å². The summed E-state index contributed by atoms with van der Waals surface area (Å²) in [5.41, 5.74) is 1.62. The third kappa shape index (κ3) is 4.18. The van der Waals surface area contributed by atoms with Crippen LogP contribution in [0.1, 0.15) is 13.3 Å². The molecule has 8 nitrogen and oxygen atoms in total. The van der Waals surface area contributed by atoms with Crippen molar-refractivity contribution in [3.63, 3.8) is 0 Å². The van der Waals surface area contributed by atoms with E-state index < -0.39 is 5.92 Å². The van der Waals surface area contributed by atoms with Crippen LogP contribution in [-0.4, -0.2) is 37.5 Å². The van der Waals surface area contributed by atoms with Gasteiger partial charge in [0.05, 0.1) is 16.6 Å². The molecule has 2 aromatic rings. The number of carbonyl (C=O) groups excluding carboxylic acids is 3. The van der Waals surface area contributed by atoms with Crippen LogP contribution in [0.2, 0.25) is 5.02 Å². The van der Waals surface area contributed by atoms with Crippen molar-refractivity contribution >= 4 is 46.4 Å². The van der Waals surface area contributed by atoms with Gasteiger partial charge in [-0.2, -0.15) is 0 Å². The molecule has 2 aliphatic heterocycles. The number of ether oxygens (including phenoxy) is 2. The number of hydrogen-bond donors (Lipinski definition) is 2. The monoisotopic (exact) mass is 429 g/mol. The Morgan fingerprint density at radius 3 is 2.57 bits per heavy atom. The summed E-state index contributed by atoms with van der Waals surface area (Å²) in [7, 11) is 0. The quantitative estimate of drug-likeness (QED) is 0.778. The van der Waals surface area contributed by atoms with Gasteiger partial charge in [0.1, 0.15) is 13.2 Å². The summed E-state index contributed by atoms with van der Waals surface area (Å²) >= 11 is 6.22. The molecule has 0 bridgehead atoms. The number of anilines is 3. The van der Waals surface area contributed by atoms with E-state index in [9.17, 15) is 14.4 Å². The first-order valence-electron chi connectivity index (χ1n) is 9.49. The van der Waals surface area contributed by atoms with Crippen molar-refractivity contribution in [1.82, 2.24) is 0 Å². The highest BCUT2D eigenvalue weighted by molar-refractivity contribution is 6.34. The summed E-state index contributed by atoms with van der Waals surface area (Å²) in [6.45, 7) is 2.60. The normalized spacial score (nSPS) is 17.6. The van der Waals surface area contributed by atoms with E-state index in [1.54, 1.807) is 41.3 Å². The molecule has 2 N–H and O–H groups in total. The number of benzene rings is 2. The summed E-state index contributed by atoms with van der Waals surface area (Å²) in [5.74, 6) is 0.0635. The van der Waals surface area contributed by atoms with Crippen molar-refractivity contribution in [2.45, 2.75) is 13.3 Å². The highest BCUT2D eigenvalue weighted by Gasteiger charge is 2.35. The highest BCUT2D eigenvalue weighted by Crippen LogP contribution is 2.36. The van der Waals surface area contributed by atoms with Crippen LogP contribution >= 0.6 is 11.6 Å². The molecule has 1 saturated heterocycles. The second kappa shape index (κ2) is 8.23. The van der Waals surface area contributed by atoms with Crippen molar-refractivity contribution in [1.29, 1.82) is 0 Å². The SMILES string of the molecule is CC(=O)Nc1ccc(NC(=O)C2CC(=O)N(c3ccc4c(c3)OCCO4)C2)c(Cl)c1. The molecule has 0 aromatic heterocycles. The van der Waals surface area contributed by atoms with Gasteiger partial charge in [-0.25, -0.2) is 0 Å². The molecule has 0 spiro atoms. The number of carbonyl (C=O) groups is 3. The fraction of sp³-hybridized carbons (Fsp3) is 0.286. The number of rotatable bonds is 4. The Morgan fingerprint density at radius 2 is 1.83 bits per heavy atom. The lowest BCUT2D eigenvalue weighted by atomic mass is 10.1. The number of nitrogens with one attached hydrogen (secondary N) is 2. The Balaban J connectivity index is 1.44. The molecule has 1 unspecified atom stereocenters. The Bertz CT molecular complexity index is 1030. The maximum absolute atomic E-state index is 12.7. The van der Waals surface area contributed by atoms with Crippen LogP contribution in [0.4, 0.5) is 17.1 Å². The van der Waals surface area contributed by atoms with Crippen molar-refractivity contribution in [3.05, 3.63) is 41.4 Å². The fourth-order valence-corrected chi connectivity index (χ4v) is 3.69. The third-order valence-electron chi connectivity index (χ3n) is 4.88. The van der Waals surface area contributed by atoms with Crippen molar-refractivity contribution in [2.24, 2.45) is 5.92 Å². The number of nitrogens with zero attached hydrogens (tertiary/aromatic N) is 1. The fourth-order valence-electron chi connectivity index (χ4n) is 3.46. The molecular weight excluding hydrogens is 410 g/mol. The molecule has 4 rings (SSSR count). The lowest BCUT2D eigenvalue weighted by Gasteiger charge is -2.22. The van der Waals surface area contributed by atoms with Crippen LogP contribution in [0.3, 0.4) is 0 Å². The van der Waals surface area contributed by atoms with Crippen LogP contribution in [-0.2, 0) is 14.4 Å². The van der Waals surface area contributed by atoms with E-state index in [2.05, 4.69) is 10.6 Å². The standard InChI is InChI=1S/C21H20ClN3O5/c1-12(26)23-14-2-4-17(16(22)9-14)24-21(28)13-8-20(27)25(11-13)15-3-5-18-19(10-15)30-7-6-29-18/h2-5,9-10,13H,6-8,11H2,1H3,(H,23,26)(H,24,28). The predicted octanol–water partition coefficient (Wildman–Crippen LogP) is 3.06. The number of halogens is 1. The molecule has 156 valence electrons. The maximum atomic E-state index is 12.7. The molecule has 9 heteroatoms. The molecule has 1 atom stereocenters. The molecule has 0 radical (unpaired) electrons. The van der Waals surface area contributed by atoms with E-state index >= 15 is 0 Å². The minimum atomic E-state index is -0.517. The van der Waals surface area contributed by atoms with E-state index in [0.717, 1.165) is 0 Å². The van der Waals surface area contributed by atoms with Crippen LogP contribution in [0.5, 0.6) is 11.5 Å². The lowest BCUT2D eigenvalue weighted by Crippen LogP contribution is -2.28. The van der Waals surface area contributed by atoms with Gasteiger partial charge < -0.3 is 25.0 Å². The first kappa shape index (κ1) is 20.0. The Labute approximate surface area is 178 Å². The van der Waals surface area contributed by atoms with E-state index in [0.29, 0.717) is 46.8 Å². The first-order valence-corrected chi connectivity index (χ1v) is 9.86. The zero-order valence-corrected chi connectivity index (χ0v) is 17.0. The van der Waals surface area contributed by atoms with E-state index in [1.165, 1.54) is 6.92 Å². The summed E-state index contributed by atoms with van der Waals surface area (Å²) in [6.07, 6.45) is 0.0991. The van der Waals surface area contributed by atoms with Gasteiger partial charge >= 0.3 is 0 Å². The van der Waals surface area contributed by atoms with Crippen molar-refractivity contribution in [2.75, 3.05) is 35.3 Å². The minimum Gasteiger partial charge on any atom is -0.486 e. The maximum Gasteiger partial charge on any atom is 0.229 e. The van der Waals surface area contributed by atoms with E-state index in [1.807, 2.05) is 0 Å². The zero-order valence-electron chi connectivity index (χ0n) is 16.2. The Kier molecular flexibility index (Phi) is 5.50. The zero-order chi connectivity index (χ0) is 21.3. The minimum absolute atomic E-state index is 0.0991. The lowest BCUT2D eigenvalue weighted by molar-refractivity contribution is -0.122. The molecule has 3 amide bonds. The summed E-state index contributed by atoms with van der Waals surface area (Å²) in [4.78, 5) is 38.0. The number of fused-ring (bicyclic) bond motifs is 1. The molecule has 2 aliphatic rings. The molecule has 0 saturated carbocycles. The largest absolute Gasteiger partial charge is 0.486 e. The van der Waals surface area contributed by atoms with Crippen molar-refractivity contribution < 1.29 is 23.9 Å². The predicted molar refractivity (Wildman–Crippen MR) is 112 cm³/mol. The van der Waals surface area contributed by atoms with Crippen LogP contribution in [0, 0.1) is 5.92 Å². The topological polar surface area (TPSA) is 97.0 Å². The Hall–Kier alpha value is -3.26. The molecule has 30 heavy (non-hydrogen) atoms. The van der Waals surface area contributed by atoms with E-state index in [4.69, 9.17) is 21.1 Å². The summed E-state index contributed by atoms with van der Waals surface area (Å²) in [5, 5.41) is 5.69. The van der Waals surface area contributed by atoms with Crippen LogP contribution < -0.4 is 25.0 Å². The number of hydrogen-bond acceptors (Lipinski definition) is 5. The van der Waals surface area contributed by atoms with Crippen LogP contribution in [0.15, 0.2) is 36.4 Å². The highest BCUT2D eigenvalue weighted by atomic mass is 35.5. The number of amides is 3. The smallest absolute Gasteiger partial charge is 0.229 e. The molecule has 2 heterocycles. The Morgan fingerprint density at radius 1 is 1.07 bits per heavy atom.